The van der Waals surface area contributed by atoms with Gasteiger partial charge < -0.3 is 10.0 Å². The third-order valence-electron chi connectivity index (χ3n) is 4.17. The molecule has 1 saturated heterocycles. The SMILES string of the molecule is CN1CCCC1CN(C)S(=O)(=O)c1ccc(CCO)cc1. The Bertz CT molecular complexity index is 557. The van der Waals surface area contributed by atoms with Gasteiger partial charge in [0.25, 0.3) is 0 Å². The first-order valence-electron chi connectivity index (χ1n) is 7.31. The van der Waals surface area contributed by atoms with E-state index >= 15 is 0 Å². The minimum atomic E-state index is -3.44. The molecule has 0 amide bonds. The standard InChI is InChI=1S/C15H24N2O3S/c1-16-10-3-4-14(16)12-17(2)21(19,20)15-7-5-13(6-8-15)9-11-18/h5-8,14,18H,3-4,9-12H2,1-2H3. The van der Waals surface area contributed by atoms with E-state index in [2.05, 4.69) is 4.90 Å². The van der Waals surface area contributed by atoms with E-state index < -0.39 is 10.0 Å². The fraction of sp³-hybridized carbons (Fsp3) is 0.600. The number of hydrogen-bond acceptors (Lipinski definition) is 4. The Morgan fingerprint density at radius 3 is 2.52 bits per heavy atom. The molecule has 21 heavy (non-hydrogen) atoms. The smallest absolute Gasteiger partial charge is 0.242 e. The predicted molar refractivity (Wildman–Crippen MR) is 82.7 cm³/mol. The highest BCUT2D eigenvalue weighted by atomic mass is 32.2. The van der Waals surface area contributed by atoms with Gasteiger partial charge >= 0.3 is 0 Å². The first-order valence-corrected chi connectivity index (χ1v) is 8.75. The molecule has 1 heterocycles. The maximum absolute atomic E-state index is 12.6. The highest BCUT2D eigenvalue weighted by Gasteiger charge is 2.27. The van der Waals surface area contributed by atoms with Gasteiger partial charge in [0.05, 0.1) is 4.90 Å². The number of nitrogens with zero attached hydrogens (tertiary/aromatic N) is 2. The first-order chi connectivity index (χ1) is 9.95. The summed E-state index contributed by atoms with van der Waals surface area (Å²) in [5.41, 5.74) is 0.939. The Morgan fingerprint density at radius 2 is 2.00 bits per heavy atom. The zero-order chi connectivity index (χ0) is 15.5. The number of sulfonamides is 1. The van der Waals surface area contributed by atoms with Gasteiger partial charge in [-0.05, 0) is 50.6 Å². The quantitative estimate of drug-likeness (QED) is 0.849. The molecule has 1 aliphatic rings. The topological polar surface area (TPSA) is 60.9 Å². The molecule has 0 aliphatic carbocycles. The van der Waals surface area contributed by atoms with Crippen molar-refractivity contribution < 1.29 is 13.5 Å². The van der Waals surface area contributed by atoms with Crippen LogP contribution in [0.2, 0.25) is 0 Å². The number of aliphatic hydroxyl groups excluding tert-OH is 1. The van der Waals surface area contributed by atoms with Crippen molar-refractivity contribution in [3.05, 3.63) is 29.8 Å². The van der Waals surface area contributed by atoms with Gasteiger partial charge in [0.2, 0.25) is 10.0 Å². The van der Waals surface area contributed by atoms with Gasteiger partial charge in [-0.1, -0.05) is 12.1 Å². The first kappa shape index (κ1) is 16.4. The van der Waals surface area contributed by atoms with E-state index in [1.54, 1.807) is 31.3 Å². The number of rotatable bonds is 6. The monoisotopic (exact) mass is 312 g/mol. The average Bonchev–Trinajstić information content (AvgIpc) is 2.85. The van der Waals surface area contributed by atoms with Crippen molar-refractivity contribution in [2.75, 3.05) is 33.8 Å². The van der Waals surface area contributed by atoms with E-state index in [0.29, 0.717) is 23.9 Å². The molecule has 5 nitrogen and oxygen atoms in total. The van der Waals surface area contributed by atoms with Crippen molar-refractivity contribution in [2.45, 2.75) is 30.2 Å². The minimum Gasteiger partial charge on any atom is -0.396 e. The molecule has 6 heteroatoms. The number of aliphatic hydroxyl groups is 1. The highest BCUT2D eigenvalue weighted by Crippen LogP contribution is 2.20. The molecule has 1 unspecified atom stereocenters. The lowest BCUT2D eigenvalue weighted by Crippen LogP contribution is -2.39. The second-order valence-corrected chi connectivity index (χ2v) is 7.72. The van der Waals surface area contributed by atoms with Crippen molar-refractivity contribution >= 4 is 10.0 Å². The second-order valence-electron chi connectivity index (χ2n) is 5.68. The van der Waals surface area contributed by atoms with E-state index in [-0.39, 0.29) is 6.61 Å². The molecular weight excluding hydrogens is 288 g/mol. The lowest BCUT2D eigenvalue weighted by atomic mass is 10.2. The molecule has 1 N–H and O–H groups in total. The minimum absolute atomic E-state index is 0.0695. The third kappa shape index (κ3) is 3.83. The van der Waals surface area contributed by atoms with Gasteiger partial charge in [0, 0.05) is 26.2 Å². The Kier molecular flexibility index (Phi) is 5.37. The van der Waals surface area contributed by atoms with E-state index in [4.69, 9.17) is 5.11 Å². The van der Waals surface area contributed by atoms with Gasteiger partial charge in [-0.25, -0.2) is 8.42 Å². The summed E-state index contributed by atoms with van der Waals surface area (Å²) in [6.07, 6.45) is 2.72. The summed E-state index contributed by atoms with van der Waals surface area (Å²) in [5.74, 6) is 0. The number of likely N-dealkylation sites (N-methyl/N-ethyl adjacent to an activating group) is 2. The Labute approximate surface area is 127 Å². The van der Waals surface area contributed by atoms with Crippen molar-refractivity contribution in [2.24, 2.45) is 0 Å². The van der Waals surface area contributed by atoms with Crippen molar-refractivity contribution in [3.63, 3.8) is 0 Å². The average molecular weight is 312 g/mol. The van der Waals surface area contributed by atoms with Crippen molar-refractivity contribution in [1.29, 1.82) is 0 Å². The van der Waals surface area contributed by atoms with Crippen LogP contribution in [0.15, 0.2) is 29.2 Å². The molecule has 2 rings (SSSR count). The molecule has 118 valence electrons. The predicted octanol–water partition coefficient (Wildman–Crippen LogP) is 0.936. The van der Waals surface area contributed by atoms with Gasteiger partial charge in [-0.2, -0.15) is 4.31 Å². The van der Waals surface area contributed by atoms with Gasteiger partial charge in [0.15, 0.2) is 0 Å². The summed E-state index contributed by atoms with van der Waals surface area (Å²) in [6, 6.07) is 7.07. The summed E-state index contributed by atoms with van der Waals surface area (Å²) in [5, 5.41) is 8.89. The molecule has 1 aliphatic heterocycles. The summed E-state index contributed by atoms with van der Waals surface area (Å²) in [7, 11) is 0.248. The normalized spacial score (nSPS) is 20.3. The molecular formula is C15H24N2O3S. The van der Waals surface area contributed by atoms with Gasteiger partial charge in [-0.15, -0.1) is 0 Å². The number of likely N-dealkylation sites (tertiary alicyclic amines) is 1. The van der Waals surface area contributed by atoms with Gasteiger partial charge in [0.1, 0.15) is 0 Å². The van der Waals surface area contributed by atoms with Crippen LogP contribution in [-0.2, 0) is 16.4 Å². The van der Waals surface area contributed by atoms with E-state index in [0.717, 1.165) is 24.9 Å². The zero-order valence-electron chi connectivity index (χ0n) is 12.7. The van der Waals surface area contributed by atoms with Crippen LogP contribution in [0.5, 0.6) is 0 Å². The summed E-state index contributed by atoms with van der Waals surface area (Å²) >= 11 is 0. The largest absolute Gasteiger partial charge is 0.396 e. The van der Waals surface area contributed by atoms with Gasteiger partial charge in [-0.3, -0.25) is 0 Å². The molecule has 1 aromatic rings. The summed E-state index contributed by atoms with van der Waals surface area (Å²) in [6.45, 7) is 1.63. The van der Waals surface area contributed by atoms with Crippen LogP contribution in [0.3, 0.4) is 0 Å². The van der Waals surface area contributed by atoms with Crippen molar-refractivity contribution in [3.8, 4) is 0 Å². The molecule has 1 fully saturated rings. The lowest BCUT2D eigenvalue weighted by Gasteiger charge is -2.25. The third-order valence-corrected chi connectivity index (χ3v) is 6.01. The van der Waals surface area contributed by atoms with E-state index in [9.17, 15) is 8.42 Å². The summed E-state index contributed by atoms with van der Waals surface area (Å²) in [4.78, 5) is 2.53. The molecule has 0 aromatic heterocycles. The van der Waals surface area contributed by atoms with Crippen LogP contribution >= 0.6 is 0 Å². The second kappa shape index (κ2) is 6.87. The summed E-state index contributed by atoms with van der Waals surface area (Å²) < 4.78 is 26.6. The number of benzene rings is 1. The fourth-order valence-electron chi connectivity index (χ4n) is 2.74. The van der Waals surface area contributed by atoms with Crippen LogP contribution in [0.4, 0.5) is 0 Å². The van der Waals surface area contributed by atoms with Crippen LogP contribution in [0, 0.1) is 0 Å². The Hall–Kier alpha value is -0.950. The maximum atomic E-state index is 12.6. The van der Waals surface area contributed by atoms with Crippen LogP contribution < -0.4 is 0 Å². The Morgan fingerprint density at radius 1 is 1.33 bits per heavy atom. The molecule has 0 spiro atoms. The molecule has 0 bridgehead atoms. The van der Waals surface area contributed by atoms with Crippen LogP contribution in [0.25, 0.3) is 0 Å². The number of hydrogen-bond donors (Lipinski definition) is 1. The molecule has 1 aromatic carbocycles. The van der Waals surface area contributed by atoms with E-state index in [1.807, 2.05) is 7.05 Å². The zero-order valence-corrected chi connectivity index (χ0v) is 13.5. The Balaban J connectivity index is 2.09. The molecule has 1 atom stereocenters. The highest BCUT2D eigenvalue weighted by molar-refractivity contribution is 7.89. The van der Waals surface area contributed by atoms with Crippen molar-refractivity contribution in [1.82, 2.24) is 9.21 Å². The fourth-order valence-corrected chi connectivity index (χ4v) is 3.95. The molecule has 0 radical (unpaired) electrons. The van der Waals surface area contributed by atoms with E-state index in [1.165, 1.54) is 4.31 Å². The lowest BCUT2D eigenvalue weighted by molar-refractivity contribution is 0.271. The maximum Gasteiger partial charge on any atom is 0.242 e. The van der Waals surface area contributed by atoms with Crippen LogP contribution in [0.1, 0.15) is 18.4 Å². The van der Waals surface area contributed by atoms with Crippen LogP contribution in [-0.4, -0.2) is 62.6 Å². The molecule has 0 saturated carbocycles.